The van der Waals surface area contributed by atoms with Crippen LogP contribution in [0.4, 0.5) is 8.78 Å². The molecule has 62 valence electrons. The van der Waals surface area contributed by atoms with Crippen LogP contribution in [0.2, 0.25) is 0 Å². The van der Waals surface area contributed by atoms with Gasteiger partial charge in [-0.25, -0.2) is 8.78 Å². The Morgan fingerprint density at radius 2 is 2.09 bits per heavy atom. The molecule has 0 aliphatic heterocycles. The van der Waals surface area contributed by atoms with E-state index >= 15 is 0 Å². The highest BCUT2D eigenvalue weighted by Crippen LogP contribution is 2.15. The number of halogens is 2. The fraction of sp³-hybridized carbons (Fsp3) is 0.250. The molecular formula is C8H11F2N. The smallest absolute Gasteiger partial charge is 0.130 e. The van der Waals surface area contributed by atoms with Crippen LogP contribution in [0.25, 0.3) is 0 Å². The third-order valence-electron chi connectivity index (χ3n) is 1.13. The van der Waals surface area contributed by atoms with Gasteiger partial charge in [-0.05, 0) is 13.0 Å². The van der Waals surface area contributed by atoms with E-state index in [-0.39, 0.29) is 12.1 Å². The molecule has 0 rings (SSSR count). The van der Waals surface area contributed by atoms with Gasteiger partial charge in [-0.3, -0.25) is 0 Å². The molecule has 0 saturated carbocycles. The van der Waals surface area contributed by atoms with Crippen molar-refractivity contribution in [2.45, 2.75) is 6.92 Å². The summed E-state index contributed by atoms with van der Waals surface area (Å²) >= 11 is 0. The lowest BCUT2D eigenvalue weighted by atomic mass is 10.2. The first-order valence-electron chi connectivity index (χ1n) is 3.19. The molecule has 0 aliphatic carbocycles. The summed E-state index contributed by atoms with van der Waals surface area (Å²) in [6, 6.07) is 0. The summed E-state index contributed by atoms with van der Waals surface area (Å²) in [6.07, 6.45) is 2.61. The van der Waals surface area contributed by atoms with E-state index < -0.39 is 11.7 Å². The van der Waals surface area contributed by atoms with Crippen molar-refractivity contribution in [1.29, 1.82) is 0 Å². The lowest BCUT2D eigenvalue weighted by molar-refractivity contribution is 0.607. The number of hydrogen-bond donors (Lipinski definition) is 1. The van der Waals surface area contributed by atoms with Crippen LogP contribution in [0.15, 0.2) is 36.0 Å². The van der Waals surface area contributed by atoms with Crippen molar-refractivity contribution >= 4 is 0 Å². The summed E-state index contributed by atoms with van der Waals surface area (Å²) in [4.78, 5) is 0. The minimum atomic E-state index is -0.817. The SMILES string of the molecule is C=C(F)/C(CN)=C(F)\C=C/C. The standard InChI is InChI=1S/C8H11F2N/c1-3-4-8(10)7(5-11)6(2)9/h3-4H,2,5,11H2,1H3/b4-3-,8-7+. The van der Waals surface area contributed by atoms with Gasteiger partial charge in [-0.1, -0.05) is 12.7 Å². The van der Waals surface area contributed by atoms with Gasteiger partial charge in [-0.2, -0.15) is 0 Å². The molecule has 0 radical (unpaired) electrons. The highest BCUT2D eigenvalue weighted by atomic mass is 19.1. The summed E-state index contributed by atoms with van der Waals surface area (Å²) in [5.74, 6) is -1.48. The van der Waals surface area contributed by atoms with E-state index in [1.807, 2.05) is 0 Å². The van der Waals surface area contributed by atoms with Crippen LogP contribution in [0.1, 0.15) is 6.92 Å². The summed E-state index contributed by atoms with van der Waals surface area (Å²) in [7, 11) is 0. The van der Waals surface area contributed by atoms with Crippen LogP contribution in [0.5, 0.6) is 0 Å². The Kier molecular flexibility index (Phi) is 4.38. The Morgan fingerprint density at radius 1 is 1.55 bits per heavy atom. The molecular weight excluding hydrogens is 148 g/mol. The second kappa shape index (κ2) is 4.79. The molecule has 0 aromatic rings. The van der Waals surface area contributed by atoms with Crippen molar-refractivity contribution in [1.82, 2.24) is 0 Å². The second-order valence-corrected chi connectivity index (χ2v) is 1.94. The maximum absolute atomic E-state index is 12.7. The Labute approximate surface area is 64.9 Å². The zero-order valence-corrected chi connectivity index (χ0v) is 6.40. The number of allylic oxidation sites excluding steroid dienone is 3. The molecule has 0 heterocycles. The second-order valence-electron chi connectivity index (χ2n) is 1.94. The molecule has 0 amide bonds. The first kappa shape index (κ1) is 10.0. The van der Waals surface area contributed by atoms with Crippen LogP contribution < -0.4 is 5.73 Å². The lowest BCUT2D eigenvalue weighted by Crippen LogP contribution is -2.04. The van der Waals surface area contributed by atoms with Crippen LogP contribution in [-0.4, -0.2) is 6.54 Å². The average Bonchev–Trinajstić information content (AvgIpc) is 1.88. The molecule has 0 spiro atoms. The van der Waals surface area contributed by atoms with Gasteiger partial charge in [0.1, 0.15) is 11.7 Å². The van der Waals surface area contributed by atoms with E-state index in [4.69, 9.17) is 5.73 Å². The van der Waals surface area contributed by atoms with E-state index in [0.29, 0.717) is 0 Å². The van der Waals surface area contributed by atoms with E-state index in [1.54, 1.807) is 6.92 Å². The topological polar surface area (TPSA) is 26.0 Å². The fourth-order valence-electron chi connectivity index (χ4n) is 0.585. The zero-order chi connectivity index (χ0) is 8.85. The molecule has 0 aromatic carbocycles. The highest BCUT2D eigenvalue weighted by molar-refractivity contribution is 5.32. The summed E-state index contributed by atoms with van der Waals surface area (Å²) in [5.41, 5.74) is 4.89. The van der Waals surface area contributed by atoms with Crippen molar-refractivity contribution in [2.75, 3.05) is 6.54 Å². The molecule has 0 aromatic heterocycles. The molecule has 0 saturated heterocycles. The first-order chi connectivity index (χ1) is 5.13. The molecule has 1 nitrogen and oxygen atoms in total. The van der Waals surface area contributed by atoms with Gasteiger partial charge in [-0.15, -0.1) is 0 Å². The quantitative estimate of drug-likeness (QED) is 0.628. The van der Waals surface area contributed by atoms with Crippen molar-refractivity contribution in [3.8, 4) is 0 Å². The molecule has 0 aliphatic rings. The molecule has 0 atom stereocenters. The van der Waals surface area contributed by atoms with E-state index in [2.05, 4.69) is 6.58 Å². The largest absolute Gasteiger partial charge is 0.326 e. The Bertz CT molecular complexity index is 204. The Hall–Kier alpha value is -0.960. The first-order valence-corrected chi connectivity index (χ1v) is 3.19. The maximum atomic E-state index is 12.7. The summed E-state index contributed by atoms with van der Waals surface area (Å²) in [5, 5.41) is 0. The number of nitrogens with two attached hydrogens (primary N) is 1. The Morgan fingerprint density at radius 3 is 2.36 bits per heavy atom. The third-order valence-corrected chi connectivity index (χ3v) is 1.13. The summed E-state index contributed by atoms with van der Waals surface area (Å²) in [6.45, 7) is 4.41. The van der Waals surface area contributed by atoms with Crippen molar-refractivity contribution in [2.24, 2.45) is 5.73 Å². The molecule has 0 bridgehead atoms. The lowest BCUT2D eigenvalue weighted by Gasteiger charge is -1.99. The van der Waals surface area contributed by atoms with Gasteiger partial charge < -0.3 is 5.73 Å². The average molecular weight is 159 g/mol. The minimum absolute atomic E-state index is 0.175. The molecule has 2 N–H and O–H groups in total. The van der Waals surface area contributed by atoms with Gasteiger partial charge in [0, 0.05) is 12.1 Å². The predicted octanol–water partition coefficient (Wildman–Crippen LogP) is 2.23. The Balaban J connectivity index is 4.67. The normalized spacial score (nSPS) is 13.5. The highest BCUT2D eigenvalue weighted by Gasteiger charge is 2.04. The number of rotatable bonds is 3. The molecule has 0 unspecified atom stereocenters. The predicted molar refractivity (Wildman–Crippen MR) is 42.3 cm³/mol. The third kappa shape index (κ3) is 3.09. The van der Waals surface area contributed by atoms with E-state index in [1.165, 1.54) is 6.08 Å². The van der Waals surface area contributed by atoms with Gasteiger partial charge in [0.15, 0.2) is 0 Å². The van der Waals surface area contributed by atoms with Crippen LogP contribution in [0.3, 0.4) is 0 Å². The zero-order valence-electron chi connectivity index (χ0n) is 6.40. The molecule has 11 heavy (non-hydrogen) atoms. The number of hydrogen-bond acceptors (Lipinski definition) is 1. The minimum Gasteiger partial charge on any atom is -0.326 e. The van der Waals surface area contributed by atoms with E-state index in [0.717, 1.165) is 6.08 Å². The van der Waals surface area contributed by atoms with Crippen LogP contribution >= 0.6 is 0 Å². The summed E-state index contributed by atoms with van der Waals surface area (Å²) < 4.78 is 25.1. The van der Waals surface area contributed by atoms with Crippen LogP contribution in [-0.2, 0) is 0 Å². The monoisotopic (exact) mass is 159 g/mol. The van der Waals surface area contributed by atoms with E-state index in [9.17, 15) is 8.78 Å². The van der Waals surface area contributed by atoms with Gasteiger partial charge in [0.05, 0.1) is 0 Å². The molecule has 0 fully saturated rings. The van der Waals surface area contributed by atoms with Crippen molar-refractivity contribution in [3.05, 3.63) is 36.0 Å². The molecule has 3 heteroatoms. The van der Waals surface area contributed by atoms with Gasteiger partial charge >= 0.3 is 0 Å². The fourth-order valence-corrected chi connectivity index (χ4v) is 0.585. The van der Waals surface area contributed by atoms with Crippen molar-refractivity contribution in [3.63, 3.8) is 0 Å². The van der Waals surface area contributed by atoms with Crippen molar-refractivity contribution < 1.29 is 8.78 Å². The van der Waals surface area contributed by atoms with Gasteiger partial charge in [0.2, 0.25) is 0 Å². The van der Waals surface area contributed by atoms with Gasteiger partial charge in [0.25, 0.3) is 0 Å². The van der Waals surface area contributed by atoms with Crippen LogP contribution in [0, 0.1) is 0 Å². The maximum Gasteiger partial charge on any atom is 0.130 e.